The van der Waals surface area contributed by atoms with Crippen LogP contribution in [-0.2, 0) is 6.42 Å². The van der Waals surface area contributed by atoms with E-state index in [4.69, 9.17) is 0 Å². The van der Waals surface area contributed by atoms with E-state index in [0.29, 0.717) is 12.0 Å². The summed E-state index contributed by atoms with van der Waals surface area (Å²) in [6.07, 6.45) is 10.1. The lowest BCUT2D eigenvalue weighted by Crippen LogP contribution is -2.50. The van der Waals surface area contributed by atoms with Gasteiger partial charge in [0.15, 0.2) is 5.96 Å². The predicted octanol–water partition coefficient (Wildman–Crippen LogP) is 2.69. The van der Waals surface area contributed by atoms with E-state index in [2.05, 4.69) is 45.4 Å². The summed E-state index contributed by atoms with van der Waals surface area (Å²) in [7, 11) is 1.84. The van der Waals surface area contributed by atoms with Gasteiger partial charge in [0, 0.05) is 38.6 Å². The minimum Gasteiger partial charge on any atom is -0.356 e. The number of hydrogen-bond donors (Lipinski definition) is 2. The summed E-state index contributed by atoms with van der Waals surface area (Å²) in [6.45, 7) is 8.94. The van der Waals surface area contributed by atoms with E-state index in [-0.39, 0.29) is 0 Å². The van der Waals surface area contributed by atoms with E-state index in [1.54, 1.807) is 0 Å². The number of hydrogen-bond acceptors (Lipinski definition) is 3. The van der Waals surface area contributed by atoms with E-state index >= 15 is 0 Å². The van der Waals surface area contributed by atoms with Gasteiger partial charge < -0.3 is 10.6 Å². The number of nitrogens with zero attached hydrogens (tertiary/aromatic N) is 3. The van der Waals surface area contributed by atoms with Crippen molar-refractivity contribution in [2.24, 2.45) is 10.9 Å². The van der Waals surface area contributed by atoms with Crippen molar-refractivity contribution in [3.05, 3.63) is 30.1 Å². The topological polar surface area (TPSA) is 52.6 Å². The molecule has 0 aliphatic carbocycles. The maximum Gasteiger partial charge on any atom is 0.191 e. The highest BCUT2D eigenvalue weighted by Gasteiger charge is 2.22. The van der Waals surface area contributed by atoms with Gasteiger partial charge in [-0.2, -0.15) is 0 Å². The average Bonchev–Trinajstić information content (AvgIpc) is 2.90. The monoisotopic (exact) mass is 345 g/mol. The minimum absolute atomic E-state index is 0.565. The fraction of sp³-hybridized carbons (Fsp3) is 0.700. The van der Waals surface area contributed by atoms with Crippen LogP contribution in [0.5, 0.6) is 0 Å². The Kier molecular flexibility index (Phi) is 8.73. The molecule has 1 aromatic rings. The molecule has 0 saturated carbocycles. The summed E-state index contributed by atoms with van der Waals surface area (Å²) < 4.78 is 0. The Labute approximate surface area is 153 Å². The highest BCUT2D eigenvalue weighted by atomic mass is 15.2. The van der Waals surface area contributed by atoms with Gasteiger partial charge in [-0.15, -0.1) is 0 Å². The Morgan fingerprint density at radius 1 is 1.20 bits per heavy atom. The fourth-order valence-electron chi connectivity index (χ4n) is 3.51. The first-order chi connectivity index (χ1) is 12.2. The second kappa shape index (κ2) is 11.1. The molecule has 1 unspecified atom stereocenters. The van der Waals surface area contributed by atoms with Gasteiger partial charge in [0.2, 0.25) is 0 Å². The molecule has 25 heavy (non-hydrogen) atoms. The van der Waals surface area contributed by atoms with Crippen LogP contribution < -0.4 is 10.6 Å². The molecule has 0 amide bonds. The summed E-state index contributed by atoms with van der Waals surface area (Å²) >= 11 is 0. The van der Waals surface area contributed by atoms with Crippen molar-refractivity contribution < 1.29 is 0 Å². The van der Waals surface area contributed by atoms with Crippen LogP contribution in [0.1, 0.15) is 45.1 Å². The molecular formula is C20H35N5. The molecule has 2 rings (SSSR count). The van der Waals surface area contributed by atoms with Crippen LogP contribution in [0.3, 0.4) is 0 Å². The van der Waals surface area contributed by atoms with E-state index in [9.17, 15) is 0 Å². The van der Waals surface area contributed by atoms with Gasteiger partial charge in [-0.05, 0) is 49.9 Å². The zero-order valence-electron chi connectivity index (χ0n) is 16.2. The van der Waals surface area contributed by atoms with Gasteiger partial charge >= 0.3 is 0 Å². The van der Waals surface area contributed by atoms with Gasteiger partial charge in [0.05, 0.1) is 0 Å². The first kappa shape index (κ1) is 19.7. The van der Waals surface area contributed by atoms with Gasteiger partial charge in [0.25, 0.3) is 0 Å². The quantitative estimate of drug-likeness (QED) is 0.589. The van der Waals surface area contributed by atoms with Crippen molar-refractivity contribution in [2.75, 3.05) is 33.2 Å². The summed E-state index contributed by atoms with van der Waals surface area (Å²) in [5, 5.41) is 6.96. The SMILES string of the molecule is CN=C(NCCc1cccnc1)NCC(C(C)C)N1CCCCCC1. The van der Waals surface area contributed by atoms with E-state index in [0.717, 1.165) is 25.5 Å². The Balaban J connectivity index is 1.78. The smallest absolute Gasteiger partial charge is 0.191 e. The molecule has 1 aliphatic rings. The predicted molar refractivity (Wildman–Crippen MR) is 106 cm³/mol. The van der Waals surface area contributed by atoms with Gasteiger partial charge in [0.1, 0.15) is 0 Å². The molecule has 0 bridgehead atoms. The number of guanidine groups is 1. The molecule has 1 fully saturated rings. The zero-order chi connectivity index (χ0) is 17.9. The van der Waals surface area contributed by atoms with Gasteiger partial charge in [-0.3, -0.25) is 14.9 Å². The maximum atomic E-state index is 4.37. The van der Waals surface area contributed by atoms with Crippen LogP contribution in [-0.4, -0.2) is 55.1 Å². The molecule has 2 heterocycles. The normalized spacial score (nSPS) is 18.0. The number of aromatic nitrogens is 1. The fourth-order valence-corrected chi connectivity index (χ4v) is 3.51. The van der Waals surface area contributed by atoms with Crippen molar-refractivity contribution in [1.29, 1.82) is 0 Å². The lowest BCUT2D eigenvalue weighted by atomic mass is 10.0. The number of pyridine rings is 1. The highest BCUT2D eigenvalue weighted by molar-refractivity contribution is 5.79. The molecule has 2 N–H and O–H groups in total. The Morgan fingerprint density at radius 2 is 1.96 bits per heavy atom. The third-order valence-electron chi connectivity index (χ3n) is 5.01. The molecule has 1 atom stereocenters. The first-order valence-electron chi connectivity index (χ1n) is 9.78. The maximum absolute atomic E-state index is 4.37. The van der Waals surface area contributed by atoms with Crippen molar-refractivity contribution in [1.82, 2.24) is 20.5 Å². The molecule has 140 valence electrons. The zero-order valence-corrected chi connectivity index (χ0v) is 16.2. The lowest BCUT2D eigenvalue weighted by Gasteiger charge is -2.34. The number of aliphatic imine (C=N–C) groups is 1. The average molecular weight is 346 g/mol. The second-order valence-corrected chi connectivity index (χ2v) is 7.25. The van der Waals surface area contributed by atoms with Crippen LogP contribution in [0.4, 0.5) is 0 Å². The summed E-state index contributed by atoms with van der Waals surface area (Å²) in [6, 6.07) is 4.66. The summed E-state index contributed by atoms with van der Waals surface area (Å²) in [5.74, 6) is 1.53. The van der Waals surface area contributed by atoms with Gasteiger partial charge in [-0.25, -0.2) is 0 Å². The van der Waals surface area contributed by atoms with Crippen molar-refractivity contribution >= 4 is 5.96 Å². The molecule has 0 spiro atoms. The first-order valence-corrected chi connectivity index (χ1v) is 9.78. The van der Waals surface area contributed by atoms with Crippen molar-refractivity contribution in [3.8, 4) is 0 Å². The number of likely N-dealkylation sites (tertiary alicyclic amines) is 1. The van der Waals surface area contributed by atoms with Crippen molar-refractivity contribution in [3.63, 3.8) is 0 Å². The van der Waals surface area contributed by atoms with Crippen LogP contribution in [0, 0.1) is 5.92 Å². The molecule has 5 nitrogen and oxygen atoms in total. The number of rotatable bonds is 7. The third kappa shape index (κ3) is 7.02. The van der Waals surface area contributed by atoms with E-state index < -0.39 is 0 Å². The standard InChI is InChI=1S/C20H35N5/c1-17(2)19(25-13-6-4-5-7-14-25)16-24-20(21-3)23-12-10-18-9-8-11-22-15-18/h8-9,11,15,17,19H,4-7,10,12-14,16H2,1-3H3,(H2,21,23,24). The molecule has 0 radical (unpaired) electrons. The minimum atomic E-state index is 0.565. The molecule has 1 aromatic heterocycles. The number of nitrogens with one attached hydrogen (secondary N) is 2. The van der Waals surface area contributed by atoms with Crippen molar-refractivity contribution in [2.45, 2.75) is 52.0 Å². The van der Waals surface area contributed by atoms with E-state index in [1.165, 1.54) is 44.3 Å². The molecular weight excluding hydrogens is 310 g/mol. The van der Waals surface area contributed by atoms with Crippen LogP contribution in [0.25, 0.3) is 0 Å². The van der Waals surface area contributed by atoms with Crippen LogP contribution >= 0.6 is 0 Å². The van der Waals surface area contributed by atoms with Gasteiger partial charge in [-0.1, -0.05) is 32.8 Å². The van der Waals surface area contributed by atoms with E-state index in [1.807, 2.05) is 25.5 Å². The Bertz CT molecular complexity index is 492. The van der Waals surface area contributed by atoms with Crippen LogP contribution in [0.2, 0.25) is 0 Å². The highest BCUT2D eigenvalue weighted by Crippen LogP contribution is 2.17. The Morgan fingerprint density at radius 3 is 2.56 bits per heavy atom. The molecule has 1 aliphatic heterocycles. The summed E-state index contributed by atoms with van der Waals surface area (Å²) in [4.78, 5) is 11.2. The largest absolute Gasteiger partial charge is 0.356 e. The lowest BCUT2D eigenvalue weighted by molar-refractivity contribution is 0.161. The Hall–Kier alpha value is -1.62. The molecule has 5 heteroatoms. The second-order valence-electron chi connectivity index (χ2n) is 7.25. The summed E-state index contributed by atoms with van der Waals surface area (Å²) in [5.41, 5.74) is 1.25. The van der Waals surface area contributed by atoms with Crippen LogP contribution in [0.15, 0.2) is 29.5 Å². The molecule has 1 saturated heterocycles. The molecule has 0 aromatic carbocycles. The third-order valence-corrected chi connectivity index (χ3v) is 5.01.